The molecule has 1 rings (SSSR count). The molecule has 1 amide bonds. The average Bonchev–Trinajstić information content (AvgIpc) is 2.44. The lowest BCUT2D eigenvalue weighted by Gasteiger charge is -2.37. The van der Waals surface area contributed by atoms with Crippen LogP contribution in [0.5, 0.6) is 0 Å². The molecule has 1 aliphatic rings. The van der Waals surface area contributed by atoms with Gasteiger partial charge in [-0.25, -0.2) is 0 Å². The second-order valence-corrected chi connectivity index (χ2v) is 5.61. The highest BCUT2D eigenvalue weighted by Gasteiger charge is 2.39. The van der Waals surface area contributed by atoms with E-state index in [-0.39, 0.29) is 12.3 Å². The van der Waals surface area contributed by atoms with Gasteiger partial charge in [-0.15, -0.1) is 0 Å². The number of carbonyl (C=O) groups excluding carboxylic acids is 1. The first kappa shape index (κ1) is 16.0. The van der Waals surface area contributed by atoms with E-state index in [2.05, 4.69) is 6.92 Å². The van der Waals surface area contributed by atoms with E-state index >= 15 is 0 Å². The Labute approximate surface area is 116 Å². The molecule has 0 spiro atoms. The molecular weight excluding hydrogens is 242 g/mol. The number of likely N-dealkylation sites (tertiary alicyclic amines) is 1. The van der Waals surface area contributed by atoms with Crippen molar-refractivity contribution in [2.45, 2.75) is 71.8 Å². The molecule has 1 N–H and O–H groups in total. The third-order valence-electron chi connectivity index (χ3n) is 4.72. The molecule has 0 saturated carbocycles. The highest BCUT2D eigenvalue weighted by Crippen LogP contribution is 2.33. The Morgan fingerprint density at radius 2 is 1.84 bits per heavy atom. The van der Waals surface area contributed by atoms with E-state index in [0.29, 0.717) is 18.9 Å². The number of rotatable bonds is 6. The van der Waals surface area contributed by atoms with E-state index in [4.69, 9.17) is 0 Å². The fraction of sp³-hybridized carbons (Fsp3) is 0.867. The van der Waals surface area contributed by atoms with E-state index in [1.54, 1.807) is 0 Å². The Hall–Kier alpha value is -1.06. The number of carboxylic acid groups (broad SMARTS) is 1. The fourth-order valence-electron chi connectivity index (χ4n) is 3.02. The van der Waals surface area contributed by atoms with Crippen LogP contribution >= 0.6 is 0 Å². The maximum Gasteiger partial charge on any atom is 0.310 e. The van der Waals surface area contributed by atoms with E-state index in [0.717, 1.165) is 25.8 Å². The zero-order valence-corrected chi connectivity index (χ0v) is 12.4. The van der Waals surface area contributed by atoms with Gasteiger partial charge in [-0.2, -0.15) is 0 Å². The predicted octanol–water partition coefficient (Wildman–Crippen LogP) is 3.06. The van der Waals surface area contributed by atoms with Crippen LogP contribution in [0.4, 0.5) is 0 Å². The van der Waals surface area contributed by atoms with Crippen LogP contribution < -0.4 is 0 Å². The third kappa shape index (κ3) is 3.48. The number of carboxylic acids is 1. The van der Waals surface area contributed by atoms with Crippen LogP contribution in [-0.4, -0.2) is 34.5 Å². The topological polar surface area (TPSA) is 57.6 Å². The number of hydrogen-bond donors (Lipinski definition) is 1. The molecule has 4 nitrogen and oxygen atoms in total. The molecule has 1 aliphatic heterocycles. The maximum atomic E-state index is 12.5. The third-order valence-corrected chi connectivity index (χ3v) is 4.72. The van der Waals surface area contributed by atoms with Gasteiger partial charge in [0.2, 0.25) is 5.91 Å². The molecule has 0 aromatic rings. The van der Waals surface area contributed by atoms with Crippen molar-refractivity contribution in [2.75, 3.05) is 6.54 Å². The van der Waals surface area contributed by atoms with Gasteiger partial charge in [0.1, 0.15) is 0 Å². The Balaban J connectivity index is 2.78. The van der Waals surface area contributed by atoms with Gasteiger partial charge in [-0.3, -0.25) is 9.59 Å². The molecule has 0 aromatic heterocycles. The van der Waals surface area contributed by atoms with Gasteiger partial charge in [-0.1, -0.05) is 20.8 Å². The number of aliphatic carboxylic acids is 1. The lowest BCUT2D eigenvalue weighted by atomic mass is 9.78. The largest absolute Gasteiger partial charge is 0.481 e. The number of piperidine rings is 1. The number of hydrogen-bond acceptors (Lipinski definition) is 2. The Bertz CT molecular complexity index is 323. The van der Waals surface area contributed by atoms with Crippen LogP contribution in [-0.2, 0) is 9.59 Å². The van der Waals surface area contributed by atoms with Crippen molar-refractivity contribution in [1.82, 2.24) is 4.90 Å². The first-order valence-corrected chi connectivity index (χ1v) is 7.53. The van der Waals surface area contributed by atoms with Gasteiger partial charge in [-0.05, 0) is 38.5 Å². The van der Waals surface area contributed by atoms with Crippen molar-refractivity contribution in [3.8, 4) is 0 Å². The van der Waals surface area contributed by atoms with Crippen LogP contribution in [0.15, 0.2) is 0 Å². The van der Waals surface area contributed by atoms with Crippen molar-refractivity contribution in [3.63, 3.8) is 0 Å². The van der Waals surface area contributed by atoms with Crippen molar-refractivity contribution in [3.05, 3.63) is 0 Å². The molecular formula is C15H27NO3. The number of carbonyl (C=O) groups is 2. The minimum Gasteiger partial charge on any atom is -0.481 e. The summed E-state index contributed by atoms with van der Waals surface area (Å²) in [6.45, 7) is 6.61. The standard InChI is InChI=1S/C15H27NO3/c1-4-12-9-7-8-10-16(12)13(17)11-15(5-2,6-3)14(18)19/h12H,4-11H2,1-3H3,(H,18,19). The summed E-state index contributed by atoms with van der Waals surface area (Å²) in [7, 11) is 0. The minimum absolute atomic E-state index is 0.0256. The first-order chi connectivity index (χ1) is 9.00. The molecule has 1 unspecified atom stereocenters. The fourth-order valence-corrected chi connectivity index (χ4v) is 3.02. The monoisotopic (exact) mass is 269 g/mol. The van der Waals surface area contributed by atoms with Crippen LogP contribution in [0.2, 0.25) is 0 Å². The van der Waals surface area contributed by atoms with Crippen molar-refractivity contribution >= 4 is 11.9 Å². The van der Waals surface area contributed by atoms with Gasteiger partial charge in [0, 0.05) is 19.0 Å². The highest BCUT2D eigenvalue weighted by atomic mass is 16.4. The molecule has 0 radical (unpaired) electrons. The van der Waals surface area contributed by atoms with E-state index in [1.165, 1.54) is 6.42 Å². The molecule has 0 bridgehead atoms. The number of amides is 1. The number of nitrogens with zero attached hydrogens (tertiary/aromatic N) is 1. The molecule has 1 saturated heterocycles. The summed E-state index contributed by atoms with van der Waals surface area (Å²) in [4.78, 5) is 25.9. The lowest BCUT2D eigenvalue weighted by Crippen LogP contribution is -2.46. The van der Waals surface area contributed by atoms with E-state index < -0.39 is 11.4 Å². The van der Waals surface area contributed by atoms with Crippen LogP contribution in [0.3, 0.4) is 0 Å². The lowest BCUT2D eigenvalue weighted by molar-refractivity contribution is -0.155. The summed E-state index contributed by atoms with van der Waals surface area (Å²) in [5, 5.41) is 9.42. The molecule has 1 heterocycles. The molecule has 1 fully saturated rings. The quantitative estimate of drug-likeness (QED) is 0.806. The van der Waals surface area contributed by atoms with Crippen LogP contribution in [0, 0.1) is 5.41 Å². The Morgan fingerprint density at radius 1 is 1.21 bits per heavy atom. The Morgan fingerprint density at radius 3 is 2.32 bits per heavy atom. The summed E-state index contributed by atoms with van der Waals surface area (Å²) in [5.41, 5.74) is -0.882. The van der Waals surface area contributed by atoms with Crippen molar-refractivity contribution in [1.29, 1.82) is 0 Å². The van der Waals surface area contributed by atoms with Gasteiger partial charge < -0.3 is 10.0 Å². The summed E-state index contributed by atoms with van der Waals surface area (Å²) in [5.74, 6) is -0.812. The highest BCUT2D eigenvalue weighted by molar-refractivity contribution is 5.85. The van der Waals surface area contributed by atoms with Gasteiger partial charge in [0.05, 0.1) is 5.41 Å². The first-order valence-electron chi connectivity index (χ1n) is 7.53. The van der Waals surface area contributed by atoms with Gasteiger partial charge >= 0.3 is 5.97 Å². The van der Waals surface area contributed by atoms with Gasteiger partial charge in [0.15, 0.2) is 0 Å². The molecule has 0 aromatic carbocycles. The molecule has 4 heteroatoms. The van der Waals surface area contributed by atoms with E-state index in [9.17, 15) is 14.7 Å². The van der Waals surface area contributed by atoms with Crippen LogP contribution in [0.1, 0.15) is 65.7 Å². The zero-order chi connectivity index (χ0) is 14.5. The normalized spacial score (nSPS) is 20.4. The van der Waals surface area contributed by atoms with Crippen molar-refractivity contribution < 1.29 is 14.7 Å². The zero-order valence-electron chi connectivity index (χ0n) is 12.4. The SMILES string of the molecule is CCC1CCCCN1C(=O)CC(CC)(CC)C(=O)O. The summed E-state index contributed by atoms with van der Waals surface area (Å²) in [6.07, 6.45) is 5.40. The van der Waals surface area contributed by atoms with Crippen molar-refractivity contribution in [2.24, 2.45) is 5.41 Å². The van der Waals surface area contributed by atoms with Crippen LogP contribution in [0.25, 0.3) is 0 Å². The van der Waals surface area contributed by atoms with Gasteiger partial charge in [0.25, 0.3) is 0 Å². The summed E-state index contributed by atoms with van der Waals surface area (Å²) in [6, 6.07) is 0.307. The molecule has 110 valence electrons. The molecule has 1 atom stereocenters. The maximum absolute atomic E-state index is 12.5. The molecule has 0 aliphatic carbocycles. The molecule has 19 heavy (non-hydrogen) atoms. The average molecular weight is 269 g/mol. The van der Waals surface area contributed by atoms with E-state index in [1.807, 2.05) is 18.7 Å². The Kier molecular flexibility index (Phi) is 5.83. The second-order valence-electron chi connectivity index (χ2n) is 5.61. The predicted molar refractivity (Wildman–Crippen MR) is 74.9 cm³/mol. The summed E-state index contributed by atoms with van der Waals surface area (Å²) < 4.78 is 0. The summed E-state index contributed by atoms with van der Waals surface area (Å²) >= 11 is 0. The smallest absolute Gasteiger partial charge is 0.310 e. The minimum atomic E-state index is -0.882. The second kappa shape index (κ2) is 6.92.